The molecule has 1 aliphatic heterocycles. The number of benzene rings is 1. The van der Waals surface area contributed by atoms with Crippen LogP contribution in [0.25, 0.3) is 10.9 Å². The Balaban J connectivity index is 1.61. The first kappa shape index (κ1) is 16.2. The molecule has 0 radical (unpaired) electrons. The number of aromatic nitrogens is 5. The molecule has 6 heteroatoms. The van der Waals surface area contributed by atoms with E-state index in [9.17, 15) is 0 Å². The summed E-state index contributed by atoms with van der Waals surface area (Å²) in [6.45, 7) is 0.918. The topological polar surface area (TPSA) is 59.4 Å². The van der Waals surface area contributed by atoms with E-state index >= 15 is 0 Å². The molecule has 27 heavy (non-hydrogen) atoms. The third-order valence-corrected chi connectivity index (χ3v) is 6.10. The molecular formula is C21H23N6+. The number of quaternary nitrogens is 1. The molecule has 1 saturated heterocycles. The summed E-state index contributed by atoms with van der Waals surface area (Å²) in [5, 5.41) is 9.44. The summed E-state index contributed by atoms with van der Waals surface area (Å²) in [6, 6.07) is 13.2. The third kappa shape index (κ3) is 2.64. The summed E-state index contributed by atoms with van der Waals surface area (Å²) in [5.74, 6) is 0. The molecule has 1 N–H and O–H groups in total. The number of nitrogens with one attached hydrogen (secondary N) is 1. The van der Waals surface area contributed by atoms with Crippen LogP contribution >= 0.6 is 0 Å². The fourth-order valence-corrected chi connectivity index (χ4v) is 4.86. The Kier molecular flexibility index (Phi) is 3.79. The van der Waals surface area contributed by atoms with Crippen molar-refractivity contribution in [1.29, 1.82) is 0 Å². The highest BCUT2D eigenvalue weighted by Gasteiger charge is 2.48. The molecule has 4 aromatic rings. The number of likely N-dealkylation sites (tertiary alicyclic amines) is 1. The number of rotatable bonds is 4. The Morgan fingerprint density at radius 3 is 2.78 bits per heavy atom. The quantitative estimate of drug-likeness (QED) is 0.563. The van der Waals surface area contributed by atoms with Crippen LogP contribution in [0, 0.1) is 0 Å². The van der Waals surface area contributed by atoms with Crippen LogP contribution < -0.4 is 0 Å². The van der Waals surface area contributed by atoms with Crippen LogP contribution in [0.5, 0.6) is 0 Å². The van der Waals surface area contributed by atoms with E-state index < -0.39 is 0 Å². The molecule has 2 unspecified atom stereocenters. The molecule has 3 aromatic heterocycles. The Labute approximate surface area is 158 Å². The second kappa shape index (κ2) is 6.32. The van der Waals surface area contributed by atoms with Crippen molar-refractivity contribution in [3.63, 3.8) is 0 Å². The zero-order chi connectivity index (χ0) is 18.3. The second-order valence-electron chi connectivity index (χ2n) is 7.64. The van der Waals surface area contributed by atoms with Crippen LogP contribution in [0.1, 0.15) is 36.2 Å². The Morgan fingerprint density at radius 2 is 1.96 bits per heavy atom. The van der Waals surface area contributed by atoms with Gasteiger partial charge in [-0.1, -0.05) is 24.3 Å². The first-order chi connectivity index (χ1) is 13.3. The predicted molar refractivity (Wildman–Crippen MR) is 103 cm³/mol. The number of aromatic amines is 1. The van der Waals surface area contributed by atoms with E-state index in [0.29, 0.717) is 12.2 Å². The lowest BCUT2D eigenvalue weighted by molar-refractivity contribution is -0.975. The Bertz CT molecular complexity index is 1040. The number of nitrogens with zero attached hydrogens (tertiary/aromatic N) is 5. The van der Waals surface area contributed by atoms with Gasteiger partial charge in [-0.15, -0.1) is 10.2 Å². The minimum atomic E-state index is 0.305. The summed E-state index contributed by atoms with van der Waals surface area (Å²) >= 11 is 0. The predicted octanol–water partition coefficient (Wildman–Crippen LogP) is 3.83. The highest BCUT2D eigenvalue weighted by Crippen LogP contribution is 2.49. The second-order valence-corrected chi connectivity index (χ2v) is 7.64. The van der Waals surface area contributed by atoms with Gasteiger partial charge < -0.3 is 4.98 Å². The van der Waals surface area contributed by atoms with Crippen molar-refractivity contribution in [2.24, 2.45) is 0 Å². The van der Waals surface area contributed by atoms with Crippen LogP contribution in [0.3, 0.4) is 0 Å². The molecule has 1 aliphatic rings. The lowest BCUT2D eigenvalue weighted by atomic mass is 10.0. The molecule has 3 atom stereocenters. The molecular weight excluding hydrogens is 336 g/mol. The van der Waals surface area contributed by atoms with E-state index in [-0.39, 0.29) is 0 Å². The maximum absolute atomic E-state index is 4.34. The Morgan fingerprint density at radius 1 is 1.11 bits per heavy atom. The molecule has 6 nitrogen and oxygen atoms in total. The van der Waals surface area contributed by atoms with Gasteiger partial charge >= 0.3 is 0 Å². The third-order valence-electron chi connectivity index (χ3n) is 6.10. The van der Waals surface area contributed by atoms with E-state index in [1.165, 1.54) is 22.0 Å². The summed E-state index contributed by atoms with van der Waals surface area (Å²) in [4.78, 5) is 7.80. The minimum absolute atomic E-state index is 0.305. The Hall–Kier alpha value is -2.99. The van der Waals surface area contributed by atoms with Gasteiger partial charge in [-0.2, -0.15) is 0 Å². The SMILES string of the molecule is C[N+]1(Cc2cccnc2)C(n2cnnc2)CC[C@@H]1c1c[nH]c2ccccc12. The fraction of sp³-hybridized carbons (Fsp3) is 0.286. The van der Waals surface area contributed by atoms with Crippen molar-refractivity contribution in [2.75, 3.05) is 7.05 Å². The first-order valence-electron chi connectivity index (χ1n) is 9.39. The molecule has 0 saturated carbocycles. The van der Waals surface area contributed by atoms with E-state index in [0.717, 1.165) is 23.9 Å². The zero-order valence-corrected chi connectivity index (χ0v) is 15.4. The monoisotopic (exact) mass is 359 g/mol. The van der Waals surface area contributed by atoms with Crippen LogP contribution in [0.2, 0.25) is 0 Å². The average molecular weight is 359 g/mol. The average Bonchev–Trinajstić information content (AvgIpc) is 3.41. The van der Waals surface area contributed by atoms with Crippen molar-refractivity contribution in [3.05, 3.63) is 78.8 Å². The first-order valence-corrected chi connectivity index (χ1v) is 9.39. The lowest BCUT2D eigenvalue weighted by Crippen LogP contribution is -2.46. The van der Waals surface area contributed by atoms with Gasteiger partial charge in [0.2, 0.25) is 0 Å². The molecule has 0 amide bonds. The maximum atomic E-state index is 4.34. The molecule has 5 rings (SSSR count). The molecule has 0 bridgehead atoms. The van der Waals surface area contributed by atoms with E-state index in [4.69, 9.17) is 0 Å². The van der Waals surface area contributed by atoms with Gasteiger partial charge in [-0.3, -0.25) is 14.0 Å². The molecule has 4 heterocycles. The van der Waals surface area contributed by atoms with E-state index in [2.05, 4.69) is 68.3 Å². The molecule has 0 aliphatic carbocycles. The highest BCUT2D eigenvalue weighted by atomic mass is 15.5. The number of fused-ring (bicyclic) bond motifs is 1. The largest absolute Gasteiger partial charge is 0.361 e. The molecule has 0 spiro atoms. The van der Waals surface area contributed by atoms with Crippen LogP contribution in [0.15, 0.2) is 67.6 Å². The van der Waals surface area contributed by atoms with Crippen molar-refractivity contribution in [1.82, 2.24) is 24.7 Å². The maximum Gasteiger partial charge on any atom is 0.171 e. The van der Waals surface area contributed by atoms with Gasteiger partial charge in [0.15, 0.2) is 6.17 Å². The van der Waals surface area contributed by atoms with Crippen molar-refractivity contribution < 1.29 is 4.48 Å². The van der Waals surface area contributed by atoms with Gasteiger partial charge in [0.05, 0.1) is 7.05 Å². The number of hydrogen-bond donors (Lipinski definition) is 1. The number of pyridine rings is 1. The van der Waals surface area contributed by atoms with E-state index in [1.807, 2.05) is 31.1 Å². The van der Waals surface area contributed by atoms with Gasteiger partial charge in [-0.25, -0.2) is 0 Å². The number of hydrogen-bond acceptors (Lipinski definition) is 3. The van der Waals surface area contributed by atoms with Crippen LogP contribution in [0.4, 0.5) is 0 Å². The molecule has 136 valence electrons. The minimum Gasteiger partial charge on any atom is -0.361 e. The number of H-pyrrole nitrogens is 1. The van der Waals surface area contributed by atoms with Gasteiger partial charge in [0.25, 0.3) is 0 Å². The molecule has 1 fully saturated rings. The van der Waals surface area contributed by atoms with Crippen molar-refractivity contribution in [3.8, 4) is 0 Å². The van der Waals surface area contributed by atoms with Crippen LogP contribution in [-0.2, 0) is 6.54 Å². The van der Waals surface area contributed by atoms with Crippen molar-refractivity contribution >= 4 is 10.9 Å². The molecule has 1 aromatic carbocycles. The summed E-state index contributed by atoms with van der Waals surface area (Å²) < 4.78 is 3.05. The van der Waals surface area contributed by atoms with Crippen molar-refractivity contribution in [2.45, 2.75) is 31.6 Å². The number of para-hydroxylation sites is 1. The fourth-order valence-electron chi connectivity index (χ4n) is 4.86. The van der Waals surface area contributed by atoms with Gasteiger partial charge in [0.1, 0.15) is 25.2 Å². The summed E-state index contributed by atoms with van der Waals surface area (Å²) in [5.41, 5.74) is 3.85. The smallest absolute Gasteiger partial charge is 0.171 e. The van der Waals surface area contributed by atoms with Crippen LogP contribution in [-0.4, -0.2) is 36.3 Å². The lowest BCUT2D eigenvalue weighted by Gasteiger charge is -2.41. The van der Waals surface area contributed by atoms with Gasteiger partial charge in [-0.05, 0) is 12.1 Å². The van der Waals surface area contributed by atoms with E-state index in [1.54, 1.807) is 0 Å². The normalized spacial score (nSPS) is 25.2. The zero-order valence-electron chi connectivity index (χ0n) is 15.4. The van der Waals surface area contributed by atoms with Gasteiger partial charge in [0, 0.05) is 53.5 Å². The summed E-state index contributed by atoms with van der Waals surface area (Å²) in [6.07, 6.45) is 12.2. The highest BCUT2D eigenvalue weighted by molar-refractivity contribution is 5.83. The standard InChI is InChI=1S/C21H23N6/c1-27(13-16-5-4-10-22-11-16)20(8-9-21(27)26-14-24-25-15-26)18-12-23-19-7-3-2-6-17(18)19/h2-7,10-12,14-15,20-21,23H,8-9,13H2,1H3/q+1/t20-,21?,27?/m1/s1. The summed E-state index contributed by atoms with van der Waals surface area (Å²) in [7, 11) is 2.36.